The molecule has 6 heteroatoms. The summed E-state index contributed by atoms with van der Waals surface area (Å²) in [6.45, 7) is 3.53. The van der Waals surface area contributed by atoms with Gasteiger partial charge in [0.15, 0.2) is 0 Å². The van der Waals surface area contributed by atoms with Crippen LogP contribution in [0, 0.1) is 5.41 Å². The molecular weight excluding hydrogens is 240 g/mol. The molecule has 1 amide bonds. The highest BCUT2D eigenvalue weighted by molar-refractivity contribution is 7.99. The van der Waals surface area contributed by atoms with E-state index in [1.54, 1.807) is 4.90 Å². The number of rotatable bonds is 3. The van der Waals surface area contributed by atoms with Crippen LogP contribution in [-0.4, -0.2) is 52.6 Å². The first-order chi connectivity index (χ1) is 8.10. The Morgan fingerprint density at radius 3 is 2.88 bits per heavy atom. The molecule has 2 aliphatic heterocycles. The number of thioether (sulfide) groups is 1. The summed E-state index contributed by atoms with van der Waals surface area (Å²) >= 11 is 1.52. The van der Waals surface area contributed by atoms with Gasteiger partial charge in [0.05, 0.1) is 11.3 Å². The van der Waals surface area contributed by atoms with Crippen LogP contribution in [0.2, 0.25) is 0 Å². The van der Waals surface area contributed by atoms with Gasteiger partial charge in [0.1, 0.15) is 6.04 Å². The quantitative estimate of drug-likeness (QED) is 0.765. The molecule has 96 valence electrons. The van der Waals surface area contributed by atoms with Crippen LogP contribution in [0.4, 0.5) is 0 Å². The van der Waals surface area contributed by atoms with E-state index in [9.17, 15) is 9.59 Å². The molecule has 0 aromatic rings. The van der Waals surface area contributed by atoms with Crippen LogP contribution in [0.3, 0.4) is 0 Å². The van der Waals surface area contributed by atoms with Crippen LogP contribution >= 0.6 is 11.8 Å². The number of nitrogens with one attached hydrogen (secondary N) is 1. The summed E-state index contributed by atoms with van der Waals surface area (Å²) in [6.07, 6.45) is 1.59. The molecule has 2 N–H and O–H groups in total. The van der Waals surface area contributed by atoms with Gasteiger partial charge in [0, 0.05) is 12.3 Å². The number of nitrogens with zero attached hydrogens (tertiary/aromatic N) is 1. The highest BCUT2D eigenvalue weighted by atomic mass is 32.2. The van der Waals surface area contributed by atoms with Gasteiger partial charge in [0.25, 0.3) is 0 Å². The molecule has 2 saturated heterocycles. The summed E-state index contributed by atoms with van der Waals surface area (Å²) in [5.74, 6) is 0.147. The molecule has 0 spiro atoms. The van der Waals surface area contributed by atoms with Crippen molar-refractivity contribution in [3.05, 3.63) is 0 Å². The normalized spacial score (nSPS) is 33.0. The van der Waals surface area contributed by atoms with Crippen molar-refractivity contribution in [3.63, 3.8) is 0 Å². The number of amides is 1. The van der Waals surface area contributed by atoms with Crippen molar-refractivity contribution in [2.75, 3.05) is 24.7 Å². The minimum Gasteiger partial charge on any atom is -0.480 e. The molecule has 2 fully saturated rings. The van der Waals surface area contributed by atoms with Crippen molar-refractivity contribution in [2.24, 2.45) is 5.41 Å². The van der Waals surface area contributed by atoms with Crippen LogP contribution in [-0.2, 0) is 9.59 Å². The fraction of sp³-hybridized carbons (Fsp3) is 0.818. The first-order valence-corrected chi connectivity index (χ1v) is 7.08. The van der Waals surface area contributed by atoms with E-state index in [0.29, 0.717) is 18.2 Å². The second-order valence-electron chi connectivity index (χ2n) is 4.69. The van der Waals surface area contributed by atoms with E-state index in [0.717, 1.165) is 19.4 Å². The van der Waals surface area contributed by atoms with E-state index in [1.807, 2.05) is 6.92 Å². The lowest BCUT2D eigenvalue weighted by Crippen LogP contribution is -2.50. The maximum Gasteiger partial charge on any atom is 0.327 e. The lowest BCUT2D eigenvalue weighted by Gasteiger charge is -2.32. The van der Waals surface area contributed by atoms with Crippen molar-refractivity contribution in [1.82, 2.24) is 10.2 Å². The summed E-state index contributed by atoms with van der Waals surface area (Å²) in [4.78, 5) is 25.2. The topological polar surface area (TPSA) is 69.6 Å². The van der Waals surface area contributed by atoms with E-state index in [-0.39, 0.29) is 11.3 Å². The number of carbonyl (C=O) groups is 2. The van der Waals surface area contributed by atoms with Gasteiger partial charge in [-0.25, -0.2) is 4.79 Å². The Morgan fingerprint density at radius 1 is 1.59 bits per heavy atom. The fourth-order valence-corrected chi connectivity index (χ4v) is 3.68. The molecule has 5 nitrogen and oxygen atoms in total. The molecule has 0 aromatic heterocycles. The molecule has 2 atom stereocenters. The smallest absolute Gasteiger partial charge is 0.327 e. The van der Waals surface area contributed by atoms with Crippen molar-refractivity contribution in [3.8, 4) is 0 Å². The van der Waals surface area contributed by atoms with E-state index < -0.39 is 12.0 Å². The number of carboxylic acid groups (broad SMARTS) is 1. The average Bonchev–Trinajstić information content (AvgIpc) is 2.98. The third-order valence-electron chi connectivity index (χ3n) is 3.80. The zero-order chi connectivity index (χ0) is 12.5. The van der Waals surface area contributed by atoms with E-state index in [1.165, 1.54) is 11.8 Å². The molecule has 2 rings (SSSR count). The number of aliphatic carboxylic acids is 1. The largest absolute Gasteiger partial charge is 0.480 e. The summed E-state index contributed by atoms with van der Waals surface area (Å²) in [6, 6.07) is -0.642. The van der Waals surface area contributed by atoms with Crippen LogP contribution in [0.25, 0.3) is 0 Å². The second kappa shape index (κ2) is 4.86. The van der Waals surface area contributed by atoms with Gasteiger partial charge < -0.3 is 15.3 Å². The Hall–Kier alpha value is -0.750. The third-order valence-corrected chi connectivity index (χ3v) is 4.81. The third kappa shape index (κ3) is 2.15. The van der Waals surface area contributed by atoms with Gasteiger partial charge in [0.2, 0.25) is 5.91 Å². The number of carboxylic acids is 1. The molecule has 0 aliphatic carbocycles. The van der Waals surface area contributed by atoms with Crippen LogP contribution in [0.15, 0.2) is 0 Å². The lowest BCUT2D eigenvalue weighted by atomic mass is 9.82. The minimum atomic E-state index is -0.888. The van der Waals surface area contributed by atoms with Crippen LogP contribution in [0.5, 0.6) is 0 Å². The lowest BCUT2D eigenvalue weighted by molar-refractivity contribution is -0.152. The van der Waals surface area contributed by atoms with Gasteiger partial charge in [-0.3, -0.25) is 4.79 Å². The molecule has 0 radical (unpaired) electrons. The summed E-state index contributed by atoms with van der Waals surface area (Å²) < 4.78 is 0. The maximum atomic E-state index is 12.5. The molecule has 2 aliphatic rings. The Bertz CT molecular complexity index is 329. The monoisotopic (exact) mass is 258 g/mol. The van der Waals surface area contributed by atoms with E-state index >= 15 is 0 Å². The maximum absolute atomic E-state index is 12.5. The van der Waals surface area contributed by atoms with Crippen LogP contribution < -0.4 is 5.32 Å². The van der Waals surface area contributed by atoms with Crippen molar-refractivity contribution in [2.45, 2.75) is 25.8 Å². The van der Waals surface area contributed by atoms with Gasteiger partial charge in [-0.05, 0) is 19.4 Å². The Morgan fingerprint density at radius 2 is 2.35 bits per heavy atom. The first-order valence-electron chi connectivity index (χ1n) is 5.93. The Kier molecular flexibility index (Phi) is 3.63. The zero-order valence-electron chi connectivity index (χ0n) is 9.94. The molecule has 17 heavy (non-hydrogen) atoms. The summed E-state index contributed by atoms with van der Waals surface area (Å²) in [5, 5.41) is 12.3. The minimum absolute atomic E-state index is 0.0161. The van der Waals surface area contributed by atoms with Gasteiger partial charge in [-0.2, -0.15) is 0 Å². The predicted octanol–water partition coefficient (Wildman–Crippen LogP) is 0.362. The van der Waals surface area contributed by atoms with Crippen LogP contribution in [0.1, 0.15) is 19.8 Å². The molecule has 1 unspecified atom stereocenters. The van der Waals surface area contributed by atoms with Crippen molar-refractivity contribution >= 4 is 23.6 Å². The summed E-state index contributed by atoms with van der Waals surface area (Å²) in [7, 11) is 0. The predicted molar refractivity (Wildman–Crippen MR) is 65.8 cm³/mol. The van der Waals surface area contributed by atoms with Gasteiger partial charge in [-0.1, -0.05) is 6.92 Å². The number of hydrogen-bond donors (Lipinski definition) is 2. The zero-order valence-corrected chi connectivity index (χ0v) is 10.8. The standard InChI is InChI=1S/C11H18N2O3S/c1-2-11(3-4-12-6-11)10(16)13-7-17-5-8(13)9(14)15/h8,12H,2-7H2,1H3,(H,14,15)/t8-,11?/m0/s1. The number of hydrogen-bond acceptors (Lipinski definition) is 4. The molecular formula is C11H18N2O3S. The first kappa shape index (κ1) is 12.7. The molecule has 2 heterocycles. The highest BCUT2D eigenvalue weighted by Gasteiger charge is 2.46. The Labute approximate surface area is 105 Å². The molecule has 0 bridgehead atoms. The van der Waals surface area contributed by atoms with E-state index in [2.05, 4.69) is 5.32 Å². The van der Waals surface area contributed by atoms with Gasteiger partial charge in [-0.15, -0.1) is 11.8 Å². The van der Waals surface area contributed by atoms with Crippen molar-refractivity contribution in [1.29, 1.82) is 0 Å². The second-order valence-corrected chi connectivity index (χ2v) is 5.69. The Balaban J connectivity index is 2.15. The average molecular weight is 258 g/mol. The number of carbonyl (C=O) groups excluding carboxylic acids is 1. The van der Waals surface area contributed by atoms with E-state index in [4.69, 9.17) is 5.11 Å². The SMILES string of the molecule is CCC1(C(=O)N2CSC[C@H]2C(=O)O)CCNC1. The highest BCUT2D eigenvalue weighted by Crippen LogP contribution is 2.35. The van der Waals surface area contributed by atoms with Gasteiger partial charge >= 0.3 is 5.97 Å². The molecule has 0 aromatic carbocycles. The fourth-order valence-electron chi connectivity index (χ4n) is 2.53. The summed E-state index contributed by atoms with van der Waals surface area (Å²) in [5.41, 5.74) is -0.376. The molecule has 0 saturated carbocycles. The van der Waals surface area contributed by atoms with Crippen molar-refractivity contribution < 1.29 is 14.7 Å².